The number of primary amides is 1. The van der Waals surface area contributed by atoms with Crippen LogP contribution in [0.25, 0.3) is 0 Å². The second kappa shape index (κ2) is 7.94. The predicted molar refractivity (Wildman–Crippen MR) is 94.0 cm³/mol. The van der Waals surface area contributed by atoms with Gasteiger partial charge in [-0.2, -0.15) is 0 Å². The summed E-state index contributed by atoms with van der Waals surface area (Å²) in [5, 5.41) is 3.46. The van der Waals surface area contributed by atoms with E-state index in [0.717, 1.165) is 45.2 Å². The van der Waals surface area contributed by atoms with E-state index in [0.29, 0.717) is 5.56 Å². The molecule has 2 fully saturated rings. The zero-order valence-electron chi connectivity index (χ0n) is 14.3. The zero-order valence-corrected chi connectivity index (χ0v) is 14.3. The molecular weight excluding hydrogens is 304 g/mol. The fourth-order valence-corrected chi connectivity index (χ4v) is 3.88. The molecule has 24 heavy (non-hydrogen) atoms. The monoisotopic (exact) mass is 332 g/mol. The van der Waals surface area contributed by atoms with Crippen LogP contribution < -0.4 is 11.1 Å². The molecule has 0 unspecified atom stereocenters. The van der Waals surface area contributed by atoms with Gasteiger partial charge in [-0.1, -0.05) is 19.3 Å². The Morgan fingerprint density at radius 3 is 2.75 bits per heavy atom. The lowest BCUT2D eigenvalue weighted by molar-refractivity contribution is 0.0102. The van der Waals surface area contributed by atoms with Crippen LogP contribution in [-0.4, -0.2) is 55.2 Å². The van der Waals surface area contributed by atoms with Crippen molar-refractivity contribution in [3.8, 4) is 0 Å². The number of hydrogen-bond donors (Lipinski definition) is 2. The molecule has 1 saturated heterocycles. The minimum absolute atomic E-state index is 0.278. The first kappa shape index (κ1) is 17.2. The van der Waals surface area contributed by atoms with Crippen molar-refractivity contribution in [3.05, 3.63) is 23.9 Å². The lowest BCUT2D eigenvalue weighted by Gasteiger charge is -2.42. The average Bonchev–Trinajstić information content (AvgIpc) is 2.62. The van der Waals surface area contributed by atoms with Crippen molar-refractivity contribution in [1.82, 2.24) is 9.88 Å². The van der Waals surface area contributed by atoms with Crippen LogP contribution in [0.5, 0.6) is 0 Å². The first-order valence-electron chi connectivity index (χ1n) is 8.97. The number of hydrogen-bond acceptors (Lipinski definition) is 5. The summed E-state index contributed by atoms with van der Waals surface area (Å²) in [7, 11) is 0. The van der Waals surface area contributed by atoms with Crippen molar-refractivity contribution in [2.75, 3.05) is 44.7 Å². The number of nitrogens with two attached hydrogens (primary N) is 1. The van der Waals surface area contributed by atoms with E-state index in [1.807, 2.05) is 0 Å². The number of nitrogens with zero attached hydrogens (tertiary/aromatic N) is 2. The maximum atomic E-state index is 11.3. The average molecular weight is 332 g/mol. The molecule has 0 bridgehead atoms. The largest absolute Gasteiger partial charge is 0.379 e. The van der Waals surface area contributed by atoms with Crippen LogP contribution >= 0.6 is 0 Å². The molecule has 2 aliphatic rings. The third kappa shape index (κ3) is 4.45. The van der Waals surface area contributed by atoms with Crippen molar-refractivity contribution in [1.29, 1.82) is 0 Å². The van der Waals surface area contributed by atoms with Crippen LogP contribution in [0.15, 0.2) is 18.3 Å². The van der Waals surface area contributed by atoms with Gasteiger partial charge in [0.25, 0.3) is 0 Å². The second-order valence-electron chi connectivity index (χ2n) is 7.10. The molecule has 0 spiro atoms. The van der Waals surface area contributed by atoms with Gasteiger partial charge in [-0.25, -0.2) is 4.98 Å². The Morgan fingerprint density at radius 2 is 2.04 bits per heavy atom. The molecule has 2 heterocycles. The Kier molecular flexibility index (Phi) is 5.68. The Morgan fingerprint density at radius 1 is 1.29 bits per heavy atom. The summed E-state index contributed by atoms with van der Waals surface area (Å²) in [6, 6.07) is 3.39. The van der Waals surface area contributed by atoms with Crippen molar-refractivity contribution >= 4 is 11.7 Å². The van der Waals surface area contributed by atoms with E-state index < -0.39 is 5.91 Å². The topological polar surface area (TPSA) is 80.5 Å². The zero-order chi connectivity index (χ0) is 16.8. The third-order valence-corrected chi connectivity index (χ3v) is 5.27. The van der Waals surface area contributed by atoms with Crippen molar-refractivity contribution in [3.63, 3.8) is 0 Å². The molecule has 132 valence electrons. The van der Waals surface area contributed by atoms with Gasteiger partial charge in [0.15, 0.2) is 0 Å². The Hall–Kier alpha value is -1.66. The van der Waals surface area contributed by atoms with Gasteiger partial charge in [-0.15, -0.1) is 0 Å². The number of nitrogens with one attached hydrogen (secondary N) is 1. The summed E-state index contributed by atoms with van der Waals surface area (Å²) in [6.07, 6.45) is 8.04. The van der Waals surface area contributed by atoms with E-state index in [9.17, 15) is 4.79 Å². The highest BCUT2D eigenvalue weighted by atomic mass is 16.5. The van der Waals surface area contributed by atoms with Gasteiger partial charge in [0, 0.05) is 43.4 Å². The number of amides is 1. The normalized spacial score (nSPS) is 21.3. The van der Waals surface area contributed by atoms with Crippen LogP contribution in [-0.2, 0) is 4.74 Å². The molecule has 3 N–H and O–H groups in total. The molecule has 6 heteroatoms. The molecule has 0 atom stereocenters. The van der Waals surface area contributed by atoms with E-state index in [2.05, 4.69) is 15.2 Å². The van der Waals surface area contributed by atoms with Gasteiger partial charge in [0.05, 0.1) is 13.2 Å². The maximum absolute atomic E-state index is 11.3. The molecule has 6 nitrogen and oxygen atoms in total. The van der Waals surface area contributed by atoms with Gasteiger partial charge in [0.2, 0.25) is 5.91 Å². The van der Waals surface area contributed by atoms with E-state index in [1.54, 1.807) is 18.3 Å². The molecule has 1 aromatic rings. The van der Waals surface area contributed by atoms with Gasteiger partial charge in [-0.05, 0) is 25.0 Å². The van der Waals surface area contributed by atoms with Crippen LogP contribution in [0.3, 0.4) is 0 Å². The van der Waals surface area contributed by atoms with Gasteiger partial charge < -0.3 is 15.8 Å². The highest BCUT2D eigenvalue weighted by Gasteiger charge is 2.34. The highest BCUT2D eigenvalue weighted by molar-refractivity contribution is 5.93. The molecule has 1 aliphatic heterocycles. The number of carbonyl (C=O) groups is 1. The van der Waals surface area contributed by atoms with E-state index >= 15 is 0 Å². The van der Waals surface area contributed by atoms with Crippen LogP contribution in [0.4, 0.5) is 5.82 Å². The van der Waals surface area contributed by atoms with Gasteiger partial charge in [0.1, 0.15) is 5.82 Å². The summed E-state index contributed by atoms with van der Waals surface area (Å²) >= 11 is 0. The molecule has 1 saturated carbocycles. The fraction of sp³-hybridized carbons (Fsp3) is 0.667. The standard InChI is InChI=1S/C18H28N4O2/c19-17(23)15-4-7-20-16(12-15)21-13-18(5-2-1-3-6-18)14-22-8-10-24-11-9-22/h4,7,12H,1-3,5-6,8-11,13-14H2,(H2,19,23)(H,20,21). The van der Waals surface area contributed by atoms with Crippen LogP contribution in [0, 0.1) is 5.41 Å². The van der Waals surface area contributed by atoms with E-state index in [-0.39, 0.29) is 5.41 Å². The molecule has 1 amide bonds. The molecule has 0 aromatic carbocycles. The summed E-state index contributed by atoms with van der Waals surface area (Å²) < 4.78 is 5.48. The van der Waals surface area contributed by atoms with E-state index in [4.69, 9.17) is 10.5 Å². The van der Waals surface area contributed by atoms with Gasteiger partial charge in [-0.3, -0.25) is 9.69 Å². The highest BCUT2D eigenvalue weighted by Crippen LogP contribution is 2.37. The van der Waals surface area contributed by atoms with E-state index in [1.165, 1.54) is 32.1 Å². The first-order chi connectivity index (χ1) is 11.7. The fourth-order valence-electron chi connectivity index (χ4n) is 3.88. The lowest BCUT2D eigenvalue weighted by atomic mass is 9.73. The van der Waals surface area contributed by atoms with Crippen LogP contribution in [0.2, 0.25) is 0 Å². The third-order valence-electron chi connectivity index (χ3n) is 5.27. The number of rotatable bonds is 6. The molecular formula is C18H28N4O2. The smallest absolute Gasteiger partial charge is 0.248 e. The lowest BCUT2D eigenvalue weighted by Crippen LogP contribution is -2.47. The summed E-state index contributed by atoms with van der Waals surface area (Å²) in [6.45, 7) is 5.73. The Bertz CT molecular complexity index is 552. The number of aromatic nitrogens is 1. The number of pyridine rings is 1. The number of morpholine rings is 1. The minimum Gasteiger partial charge on any atom is -0.379 e. The Labute approximate surface area is 143 Å². The molecule has 1 aromatic heterocycles. The SMILES string of the molecule is NC(=O)c1ccnc(NCC2(CN3CCOCC3)CCCCC2)c1. The predicted octanol–water partition coefficient (Wildman–Crippen LogP) is 1.88. The second-order valence-corrected chi connectivity index (χ2v) is 7.10. The summed E-state index contributed by atoms with van der Waals surface area (Å²) in [5.41, 5.74) is 6.13. The van der Waals surface area contributed by atoms with Gasteiger partial charge >= 0.3 is 0 Å². The Balaban J connectivity index is 1.65. The maximum Gasteiger partial charge on any atom is 0.248 e. The number of anilines is 1. The van der Waals surface area contributed by atoms with Crippen molar-refractivity contribution < 1.29 is 9.53 Å². The van der Waals surface area contributed by atoms with Crippen molar-refractivity contribution in [2.24, 2.45) is 11.1 Å². The number of carbonyl (C=O) groups excluding carboxylic acids is 1. The molecule has 0 radical (unpaired) electrons. The summed E-state index contributed by atoms with van der Waals surface area (Å²) in [4.78, 5) is 18.2. The van der Waals surface area contributed by atoms with Crippen LogP contribution in [0.1, 0.15) is 42.5 Å². The number of ether oxygens (including phenoxy) is 1. The van der Waals surface area contributed by atoms with Crippen molar-refractivity contribution in [2.45, 2.75) is 32.1 Å². The quantitative estimate of drug-likeness (QED) is 0.831. The molecule has 1 aliphatic carbocycles. The first-order valence-corrected chi connectivity index (χ1v) is 8.97. The summed E-state index contributed by atoms with van der Waals surface area (Å²) in [5.74, 6) is 0.319. The minimum atomic E-state index is -0.416. The molecule has 3 rings (SSSR count).